The number of fused-ring (bicyclic) bond motifs is 1. The number of aromatic nitrogens is 3. The first-order valence-corrected chi connectivity index (χ1v) is 7.42. The lowest BCUT2D eigenvalue weighted by Gasteiger charge is -2.25. The number of nitrogens with one attached hydrogen (secondary N) is 1. The summed E-state index contributed by atoms with van der Waals surface area (Å²) in [6, 6.07) is 8.47. The van der Waals surface area contributed by atoms with Gasteiger partial charge in [-0.25, -0.2) is 4.98 Å². The molecule has 2 atom stereocenters. The van der Waals surface area contributed by atoms with Gasteiger partial charge in [0.1, 0.15) is 12.7 Å². The maximum Gasteiger partial charge on any atom is 0.223 e. The molecule has 0 fully saturated rings. The van der Waals surface area contributed by atoms with Crippen LogP contribution in [0.1, 0.15) is 24.5 Å². The van der Waals surface area contributed by atoms with Crippen LogP contribution >= 0.6 is 0 Å². The van der Waals surface area contributed by atoms with Crippen LogP contribution in [0, 0.1) is 5.92 Å². The van der Waals surface area contributed by atoms with Gasteiger partial charge in [-0.05, 0) is 37.3 Å². The Balaban J connectivity index is 1.56. The zero-order valence-corrected chi connectivity index (χ0v) is 12.2. The Kier molecular flexibility index (Phi) is 3.99. The molecule has 0 saturated carbocycles. The first-order chi connectivity index (χ1) is 10.2. The van der Waals surface area contributed by atoms with Gasteiger partial charge in [0.25, 0.3) is 0 Å². The van der Waals surface area contributed by atoms with Crippen LogP contribution in [0.3, 0.4) is 0 Å². The van der Waals surface area contributed by atoms with Crippen molar-refractivity contribution >= 4 is 5.91 Å². The largest absolute Gasteiger partial charge is 0.352 e. The van der Waals surface area contributed by atoms with Crippen LogP contribution in [0.2, 0.25) is 0 Å². The van der Waals surface area contributed by atoms with Crippen LogP contribution in [0.25, 0.3) is 0 Å². The Labute approximate surface area is 124 Å². The van der Waals surface area contributed by atoms with E-state index in [-0.39, 0.29) is 17.9 Å². The van der Waals surface area contributed by atoms with E-state index in [1.165, 1.54) is 17.5 Å². The first-order valence-electron chi connectivity index (χ1n) is 7.42. The fraction of sp³-hybridized carbons (Fsp3) is 0.438. The SMILES string of the molecule is CC(Cn1cncn1)NC(=O)C1CCc2ccccc2C1. The zero-order chi connectivity index (χ0) is 14.7. The topological polar surface area (TPSA) is 59.8 Å². The molecule has 1 N–H and O–H groups in total. The maximum absolute atomic E-state index is 12.4. The van der Waals surface area contributed by atoms with Crippen molar-refractivity contribution < 1.29 is 4.79 Å². The summed E-state index contributed by atoms with van der Waals surface area (Å²) in [6.45, 7) is 2.64. The van der Waals surface area contributed by atoms with E-state index < -0.39 is 0 Å². The van der Waals surface area contributed by atoms with Crippen LogP contribution < -0.4 is 5.32 Å². The number of nitrogens with zero attached hydrogens (tertiary/aromatic N) is 3. The third-order valence-electron chi connectivity index (χ3n) is 4.03. The highest BCUT2D eigenvalue weighted by molar-refractivity contribution is 5.79. The van der Waals surface area contributed by atoms with E-state index in [0.717, 1.165) is 19.3 Å². The van der Waals surface area contributed by atoms with E-state index in [0.29, 0.717) is 6.54 Å². The molecule has 1 aliphatic rings. The molecule has 2 aromatic rings. The van der Waals surface area contributed by atoms with E-state index in [1.807, 2.05) is 13.0 Å². The fourth-order valence-corrected chi connectivity index (χ4v) is 2.94. The minimum absolute atomic E-state index is 0.0522. The first kappa shape index (κ1) is 13.8. The molecule has 3 rings (SSSR count). The molecule has 1 aromatic carbocycles. The summed E-state index contributed by atoms with van der Waals surface area (Å²) in [5, 5.41) is 7.15. The van der Waals surface area contributed by atoms with E-state index in [4.69, 9.17) is 0 Å². The summed E-state index contributed by atoms with van der Waals surface area (Å²) in [6.07, 6.45) is 5.94. The summed E-state index contributed by atoms with van der Waals surface area (Å²) >= 11 is 0. The minimum Gasteiger partial charge on any atom is -0.352 e. The predicted octanol–water partition coefficient (Wildman–Crippen LogP) is 1.59. The van der Waals surface area contributed by atoms with Gasteiger partial charge in [-0.2, -0.15) is 5.10 Å². The molecule has 0 saturated heterocycles. The van der Waals surface area contributed by atoms with Crippen molar-refractivity contribution in [3.05, 3.63) is 48.0 Å². The summed E-state index contributed by atoms with van der Waals surface area (Å²) < 4.78 is 1.74. The second kappa shape index (κ2) is 6.08. The van der Waals surface area contributed by atoms with Gasteiger partial charge in [-0.3, -0.25) is 9.48 Å². The lowest BCUT2D eigenvalue weighted by atomic mass is 9.83. The Bertz CT molecular complexity index is 608. The van der Waals surface area contributed by atoms with Gasteiger partial charge in [0.15, 0.2) is 0 Å². The highest BCUT2D eigenvalue weighted by Crippen LogP contribution is 2.25. The minimum atomic E-state index is 0.0522. The summed E-state index contributed by atoms with van der Waals surface area (Å²) in [7, 11) is 0. The number of benzene rings is 1. The van der Waals surface area contributed by atoms with E-state index in [9.17, 15) is 4.79 Å². The van der Waals surface area contributed by atoms with Crippen molar-refractivity contribution in [3.8, 4) is 0 Å². The lowest BCUT2D eigenvalue weighted by Crippen LogP contribution is -2.41. The summed E-state index contributed by atoms with van der Waals surface area (Å²) in [5.41, 5.74) is 2.70. The maximum atomic E-state index is 12.4. The second-order valence-electron chi connectivity index (χ2n) is 5.74. The lowest BCUT2D eigenvalue weighted by molar-refractivity contribution is -0.126. The molecular weight excluding hydrogens is 264 g/mol. The van der Waals surface area contributed by atoms with Crippen molar-refractivity contribution in [2.75, 3.05) is 0 Å². The number of amides is 1. The Morgan fingerprint density at radius 2 is 2.24 bits per heavy atom. The second-order valence-corrected chi connectivity index (χ2v) is 5.74. The Hall–Kier alpha value is -2.17. The molecular formula is C16H20N4O. The number of hydrogen-bond acceptors (Lipinski definition) is 3. The van der Waals surface area contributed by atoms with Crippen molar-refractivity contribution in [3.63, 3.8) is 0 Å². The van der Waals surface area contributed by atoms with Gasteiger partial charge >= 0.3 is 0 Å². The van der Waals surface area contributed by atoms with Gasteiger partial charge in [-0.1, -0.05) is 24.3 Å². The average molecular weight is 284 g/mol. The number of carbonyl (C=O) groups excluding carboxylic acids is 1. The molecule has 5 nitrogen and oxygen atoms in total. The Morgan fingerprint density at radius 3 is 3.00 bits per heavy atom. The van der Waals surface area contributed by atoms with Gasteiger partial charge < -0.3 is 5.32 Å². The van der Waals surface area contributed by atoms with Crippen LogP contribution in [-0.4, -0.2) is 26.7 Å². The summed E-state index contributed by atoms with van der Waals surface area (Å²) in [5.74, 6) is 0.232. The molecule has 1 amide bonds. The number of rotatable bonds is 4. The third kappa shape index (κ3) is 3.29. The van der Waals surface area contributed by atoms with Crippen LogP contribution in [0.4, 0.5) is 0 Å². The monoisotopic (exact) mass is 284 g/mol. The average Bonchev–Trinajstić information content (AvgIpc) is 2.99. The van der Waals surface area contributed by atoms with Gasteiger partial charge in [0.2, 0.25) is 5.91 Å². The van der Waals surface area contributed by atoms with Crippen LogP contribution in [-0.2, 0) is 24.2 Å². The standard InChI is InChI=1S/C16H20N4O/c1-12(9-20-11-17-10-18-20)19-16(21)15-7-6-13-4-2-3-5-14(13)8-15/h2-5,10-12,15H,6-9H2,1H3,(H,19,21). The molecule has 1 heterocycles. The third-order valence-corrected chi connectivity index (χ3v) is 4.03. The molecule has 2 unspecified atom stereocenters. The quantitative estimate of drug-likeness (QED) is 0.927. The predicted molar refractivity (Wildman–Crippen MR) is 79.6 cm³/mol. The van der Waals surface area contributed by atoms with Crippen molar-refractivity contribution in [2.24, 2.45) is 5.92 Å². The van der Waals surface area contributed by atoms with Crippen LogP contribution in [0.15, 0.2) is 36.9 Å². The van der Waals surface area contributed by atoms with Crippen molar-refractivity contribution in [2.45, 2.75) is 38.8 Å². The van der Waals surface area contributed by atoms with E-state index >= 15 is 0 Å². The smallest absolute Gasteiger partial charge is 0.223 e. The molecule has 0 radical (unpaired) electrons. The van der Waals surface area contributed by atoms with Gasteiger partial charge in [-0.15, -0.1) is 0 Å². The molecule has 5 heteroatoms. The van der Waals surface area contributed by atoms with Crippen molar-refractivity contribution in [1.29, 1.82) is 0 Å². The van der Waals surface area contributed by atoms with E-state index in [2.05, 4.69) is 33.6 Å². The molecule has 110 valence electrons. The highest BCUT2D eigenvalue weighted by atomic mass is 16.1. The molecule has 0 aliphatic heterocycles. The molecule has 1 aromatic heterocycles. The fourth-order valence-electron chi connectivity index (χ4n) is 2.94. The number of aryl methyl sites for hydroxylation is 1. The van der Waals surface area contributed by atoms with Crippen molar-refractivity contribution in [1.82, 2.24) is 20.1 Å². The highest BCUT2D eigenvalue weighted by Gasteiger charge is 2.25. The van der Waals surface area contributed by atoms with Gasteiger partial charge in [0.05, 0.1) is 6.54 Å². The van der Waals surface area contributed by atoms with E-state index in [1.54, 1.807) is 11.0 Å². The number of hydrogen-bond donors (Lipinski definition) is 1. The normalized spacial score (nSPS) is 18.8. The Morgan fingerprint density at radius 1 is 1.43 bits per heavy atom. The molecule has 0 bridgehead atoms. The number of carbonyl (C=O) groups is 1. The molecule has 0 spiro atoms. The van der Waals surface area contributed by atoms with Crippen LogP contribution in [0.5, 0.6) is 0 Å². The molecule has 1 aliphatic carbocycles. The molecule has 21 heavy (non-hydrogen) atoms. The zero-order valence-electron chi connectivity index (χ0n) is 12.2. The van der Waals surface area contributed by atoms with Gasteiger partial charge in [0, 0.05) is 12.0 Å². The summed E-state index contributed by atoms with van der Waals surface area (Å²) in [4.78, 5) is 16.3.